The maximum absolute atomic E-state index is 15.6. The van der Waals surface area contributed by atoms with Gasteiger partial charge in [-0.25, -0.2) is 4.39 Å². The topological polar surface area (TPSA) is 29.0 Å². The molecule has 0 radical (unpaired) electrons. The highest BCUT2D eigenvalue weighted by atomic mass is 19.1. The molecule has 1 aliphatic carbocycles. The van der Waals surface area contributed by atoms with Crippen LogP contribution in [0.5, 0.6) is 0 Å². The fourth-order valence-electron chi connectivity index (χ4n) is 5.68. The normalized spacial score (nSPS) is 14.7. The molecule has 0 N–H and O–H groups in total. The summed E-state index contributed by atoms with van der Waals surface area (Å²) in [5, 5.41) is 1.49. The lowest BCUT2D eigenvalue weighted by atomic mass is 9.73. The van der Waals surface area contributed by atoms with E-state index in [1.807, 2.05) is 12.1 Å². The van der Waals surface area contributed by atoms with Crippen molar-refractivity contribution in [3.8, 4) is 22.5 Å². The third kappa shape index (κ3) is 2.28. The van der Waals surface area contributed by atoms with Crippen LogP contribution in [0.15, 0.2) is 85.2 Å². The van der Waals surface area contributed by atoms with E-state index < -0.39 is 0 Å². The molecule has 1 aliphatic heterocycles. The molecule has 5 aromatic rings. The number of aromatic nitrogens is 2. The Morgan fingerprint density at radius 3 is 1.79 bits per heavy atom. The van der Waals surface area contributed by atoms with Gasteiger partial charge in [0, 0.05) is 39.7 Å². The summed E-state index contributed by atoms with van der Waals surface area (Å²) in [7, 11) is 0. The number of anilines is 3. The molecule has 0 atom stereocenters. The Labute approximate surface area is 191 Å². The molecule has 3 nitrogen and oxygen atoms in total. The van der Waals surface area contributed by atoms with Crippen molar-refractivity contribution in [1.82, 2.24) is 9.97 Å². The highest BCUT2D eigenvalue weighted by Crippen LogP contribution is 2.55. The molecule has 4 heteroatoms. The molecule has 4 aromatic carbocycles. The predicted molar refractivity (Wildman–Crippen MR) is 131 cm³/mol. The first-order valence-corrected chi connectivity index (χ1v) is 11.1. The average molecular weight is 429 g/mol. The van der Waals surface area contributed by atoms with E-state index in [2.05, 4.69) is 83.3 Å². The van der Waals surface area contributed by atoms with E-state index in [-0.39, 0.29) is 11.2 Å². The molecule has 1 aromatic heterocycles. The summed E-state index contributed by atoms with van der Waals surface area (Å²) >= 11 is 0. The quantitative estimate of drug-likeness (QED) is 0.271. The SMILES string of the molecule is CC1(C)c2ccccc2N(c2ccc3c4c(ccc(F)c24)-c2nccnc2-3)c2ccccc21. The van der Waals surface area contributed by atoms with Gasteiger partial charge in [0.2, 0.25) is 0 Å². The Balaban J connectivity index is 1.60. The summed E-state index contributed by atoms with van der Waals surface area (Å²) in [5.41, 5.74) is 8.76. The van der Waals surface area contributed by atoms with Crippen LogP contribution in [0, 0.1) is 5.82 Å². The maximum atomic E-state index is 15.6. The highest BCUT2D eigenvalue weighted by Gasteiger charge is 2.38. The van der Waals surface area contributed by atoms with E-state index in [0.29, 0.717) is 5.39 Å². The predicted octanol–water partition coefficient (Wildman–Crippen LogP) is 7.53. The Hall–Kier alpha value is -4.05. The number of hydrogen-bond donors (Lipinski definition) is 0. The Morgan fingerprint density at radius 1 is 0.636 bits per heavy atom. The number of nitrogens with zero attached hydrogens (tertiary/aromatic N) is 3. The highest BCUT2D eigenvalue weighted by molar-refractivity contribution is 6.18. The second-order valence-electron chi connectivity index (χ2n) is 9.23. The van der Waals surface area contributed by atoms with Crippen molar-refractivity contribution >= 4 is 27.8 Å². The van der Waals surface area contributed by atoms with Crippen LogP contribution in [0.1, 0.15) is 25.0 Å². The van der Waals surface area contributed by atoms with Gasteiger partial charge < -0.3 is 4.90 Å². The van der Waals surface area contributed by atoms with Crippen LogP contribution in [-0.2, 0) is 5.41 Å². The lowest BCUT2D eigenvalue weighted by molar-refractivity contribution is 0.631. The van der Waals surface area contributed by atoms with Gasteiger partial charge in [-0.05, 0) is 47.5 Å². The van der Waals surface area contributed by atoms with Crippen LogP contribution in [0.4, 0.5) is 21.5 Å². The van der Waals surface area contributed by atoms with Crippen molar-refractivity contribution in [2.45, 2.75) is 19.3 Å². The smallest absolute Gasteiger partial charge is 0.133 e. The molecule has 0 amide bonds. The minimum absolute atomic E-state index is 0.166. The van der Waals surface area contributed by atoms with Crippen LogP contribution in [0.25, 0.3) is 33.3 Å². The molecule has 33 heavy (non-hydrogen) atoms. The number of rotatable bonds is 1. The molecule has 158 valence electrons. The third-order valence-electron chi connectivity index (χ3n) is 7.17. The molecule has 0 saturated heterocycles. The minimum Gasteiger partial charge on any atom is -0.309 e. The van der Waals surface area contributed by atoms with Gasteiger partial charge in [-0.1, -0.05) is 50.2 Å². The van der Waals surface area contributed by atoms with Gasteiger partial charge in [-0.15, -0.1) is 0 Å². The summed E-state index contributed by atoms with van der Waals surface area (Å²) in [5.74, 6) is -0.238. The van der Waals surface area contributed by atoms with Crippen LogP contribution >= 0.6 is 0 Å². The molecule has 0 fully saturated rings. The Morgan fingerprint density at radius 2 is 1.18 bits per heavy atom. The fourth-order valence-corrected chi connectivity index (χ4v) is 5.68. The number of fused-ring (bicyclic) bond motifs is 5. The van der Waals surface area contributed by atoms with E-state index in [0.717, 1.165) is 45.0 Å². The van der Waals surface area contributed by atoms with Crippen LogP contribution in [0.3, 0.4) is 0 Å². The molecule has 2 aliphatic rings. The zero-order chi connectivity index (χ0) is 22.3. The van der Waals surface area contributed by atoms with E-state index >= 15 is 4.39 Å². The molecule has 0 spiro atoms. The van der Waals surface area contributed by atoms with Crippen LogP contribution in [-0.4, -0.2) is 9.97 Å². The maximum Gasteiger partial charge on any atom is 0.133 e. The van der Waals surface area contributed by atoms with Crippen molar-refractivity contribution in [3.63, 3.8) is 0 Å². The molecule has 0 bridgehead atoms. The zero-order valence-corrected chi connectivity index (χ0v) is 18.3. The molecule has 7 rings (SSSR count). The van der Waals surface area contributed by atoms with Gasteiger partial charge in [0.25, 0.3) is 0 Å². The van der Waals surface area contributed by atoms with E-state index in [1.54, 1.807) is 18.5 Å². The standard InChI is InChI=1S/C29H20FN3/c1-29(2)19-7-3-5-9-22(19)33(23-10-6-4-8-20(23)29)24-14-12-18-25-17(11-13-21(30)26(24)25)27-28(18)32-16-15-31-27/h3-16H,1-2H3. The number of para-hydroxylation sites is 2. The van der Waals surface area contributed by atoms with E-state index in [9.17, 15) is 0 Å². The van der Waals surface area contributed by atoms with Crippen molar-refractivity contribution in [1.29, 1.82) is 0 Å². The second-order valence-corrected chi connectivity index (χ2v) is 9.23. The number of halogens is 1. The summed E-state index contributed by atoms with van der Waals surface area (Å²) in [6.07, 6.45) is 3.39. The summed E-state index contributed by atoms with van der Waals surface area (Å²) < 4.78 is 15.6. The zero-order valence-electron chi connectivity index (χ0n) is 18.3. The Kier molecular flexibility index (Phi) is 3.51. The average Bonchev–Trinajstić information content (AvgIpc) is 3.17. The van der Waals surface area contributed by atoms with Gasteiger partial charge in [-0.3, -0.25) is 9.97 Å². The van der Waals surface area contributed by atoms with Crippen molar-refractivity contribution in [3.05, 3.63) is 102 Å². The van der Waals surface area contributed by atoms with E-state index in [1.165, 1.54) is 11.1 Å². The molecular formula is C29H20FN3. The van der Waals surface area contributed by atoms with Crippen LogP contribution < -0.4 is 4.90 Å². The van der Waals surface area contributed by atoms with Crippen molar-refractivity contribution in [2.75, 3.05) is 4.90 Å². The first-order chi connectivity index (χ1) is 16.1. The summed E-state index contributed by atoms with van der Waals surface area (Å²) in [6, 6.07) is 24.4. The lowest BCUT2D eigenvalue weighted by Gasteiger charge is -2.42. The third-order valence-corrected chi connectivity index (χ3v) is 7.17. The molecule has 0 unspecified atom stereocenters. The fraction of sp³-hybridized carbons (Fsp3) is 0.103. The Bertz CT molecular complexity index is 1540. The first kappa shape index (κ1) is 18.5. The second kappa shape index (κ2) is 6.26. The van der Waals surface area contributed by atoms with Gasteiger partial charge in [-0.2, -0.15) is 0 Å². The summed E-state index contributed by atoms with van der Waals surface area (Å²) in [6.45, 7) is 4.51. The van der Waals surface area contributed by atoms with Crippen molar-refractivity contribution in [2.24, 2.45) is 0 Å². The molecule has 0 saturated carbocycles. The van der Waals surface area contributed by atoms with Gasteiger partial charge in [0.05, 0.1) is 28.5 Å². The number of benzene rings is 4. The molecule has 2 heterocycles. The van der Waals surface area contributed by atoms with Crippen molar-refractivity contribution < 1.29 is 4.39 Å². The van der Waals surface area contributed by atoms with Gasteiger partial charge in [0.15, 0.2) is 0 Å². The largest absolute Gasteiger partial charge is 0.309 e. The minimum atomic E-state index is -0.238. The number of hydrogen-bond acceptors (Lipinski definition) is 3. The van der Waals surface area contributed by atoms with Gasteiger partial charge in [0.1, 0.15) is 5.82 Å². The summed E-state index contributed by atoms with van der Waals surface area (Å²) in [4.78, 5) is 11.3. The molecular weight excluding hydrogens is 409 g/mol. The lowest BCUT2D eigenvalue weighted by Crippen LogP contribution is -2.30. The van der Waals surface area contributed by atoms with Gasteiger partial charge >= 0.3 is 0 Å². The monoisotopic (exact) mass is 429 g/mol. The first-order valence-electron chi connectivity index (χ1n) is 11.1. The van der Waals surface area contributed by atoms with E-state index in [4.69, 9.17) is 0 Å². The van der Waals surface area contributed by atoms with Crippen LogP contribution in [0.2, 0.25) is 0 Å².